The van der Waals surface area contributed by atoms with Crippen molar-refractivity contribution in [2.45, 2.75) is 50.9 Å². The summed E-state index contributed by atoms with van der Waals surface area (Å²) in [4.78, 5) is 33.4. The quantitative estimate of drug-likeness (QED) is 0.439. The topological polar surface area (TPSA) is 55.2 Å². The van der Waals surface area contributed by atoms with Crippen LogP contribution >= 0.6 is 11.8 Å². The minimum Gasteiger partial charge on any atom is -0.342 e. The van der Waals surface area contributed by atoms with Crippen molar-refractivity contribution in [2.24, 2.45) is 5.92 Å². The van der Waals surface area contributed by atoms with Gasteiger partial charge in [0.1, 0.15) is 0 Å². The number of aryl methyl sites for hydroxylation is 2. The molecule has 1 fully saturated rings. The van der Waals surface area contributed by atoms with Crippen molar-refractivity contribution in [3.8, 4) is 5.69 Å². The Labute approximate surface area is 187 Å². The number of nitrogens with zero attached hydrogens (tertiary/aromatic N) is 3. The van der Waals surface area contributed by atoms with Crippen molar-refractivity contribution >= 4 is 28.6 Å². The van der Waals surface area contributed by atoms with Crippen LogP contribution in [0.15, 0.2) is 52.4 Å². The van der Waals surface area contributed by atoms with Crippen molar-refractivity contribution in [3.05, 3.63) is 63.9 Å². The first-order valence-corrected chi connectivity index (χ1v) is 11.8. The number of likely N-dealkylation sites (tertiary alicyclic amines) is 1. The number of para-hydroxylation sites is 1. The van der Waals surface area contributed by atoms with E-state index in [1.54, 1.807) is 4.57 Å². The molecule has 1 aliphatic heterocycles. The van der Waals surface area contributed by atoms with Crippen LogP contribution < -0.4 is 5.56 Å². The Morgan fingerprint density at radius 2 is 1.84 bits per heavy atom. The van der Waals surface area contributed by atoms with Crippen LogP contribution in [0.1, 0.15) is 37.8 Å². The molecule has 0 aliphatic carbocycles. The molecule has 0 bridgehead atoms. The highest BCUT2D eigenvalue weighted by Crippen LogP contribution is 2.28. The summed E-state index contributed by atoms with van der Waals surface area (Å²) in [7, 11) is 0. The molecule has 1 atom stereocenters. The molecular weight excluding hydrogens is 406 g/mol. The van der Waals surface area contributed by atoms with E-state index >= 15 is 0 Å². The number of piperidine rings is 1. The molecule has 3 aromatic rings. The van der Waals surface area contributed by atoms with Gasteiger partial charge in [-0.2, -0.15) is 0 Å². The summed E-state index contributed by atoms with van der Waals surface area (Å²) in [6.45, 7) is 9.77. The van der Waals surface area contributed by atoms with E-state index in [4.69, 9.17) is 4.98 Å². The lowest BCUT2D eigenvalue weighted by Gasteiger charge is -2.32. The Morgan fingerprint density at radius 1 is 1.13 bits per heavy atom. The van der Waals surface area contributed by atoms with Crippen LogP contribution in [0.3, 0.4) is 0 Å². The lowest BCUT2D eigenvalue weighted by molar-refractivity contribution is -0.131. The maximum atomic E-state index is 13.5. The Hall–Kier alpha value is -2.60. The molecule has 0 N–H and O–H groups in total. The average molecular weight is 436 g/mol. The Bertz CT molecular complexity index is 1180. The average Bonchev–Trinajstić information content (AvgIpc) is 2.76. The van der Waals surface area contributed by atoms with Crippen LogP contribution in [-0.4, -0.2) is 38.7 Å². The first-order chi connectivity index (χ1) is 14.8. The number of hydrogen-bond acceptors (Lipinski definition) is 4. The summed E-state index contributed by atoms with van der Waals surface area (Å²) < 4.78 is 1.68. The fourth-order valence-corrected chi connectivity index (χ4v) is 5.06. The van der Waals surface area contributed by atoms with E-state index in [2.05, 4.69) is 6.92 Å². The van der Waals surface area contributed by atoms with Gasteiger partial charge in [0.2, 0.25) is 5.91 Å². The van der Waals surface area contributed by atoms with Gasteiger partial charge in [0.05, 0.1) is 21.8 Å². The van der Waals surface area contributed by atoms with Gasteiger partial charge in [0, 0.05) is 13.1 Å². The second-order valence-electron chi connectivity index (χ2n) is 8.61. The Kier molecular flexibility index (Phi) is 6.19. The van der Waals surface area contributed by atoms with Crippen LogP contribution in [0.5, 0.6) is 0 Å². The summed E-state index contributed by atoms with van der Waals surface area (Å²) in [6.07, 6.45) is 2.09. The van der Waals surface area contributed by atoms with Crippen molar-refractivity contribution in [1.82, 2.24) is 14.5 Å². The number of benzene rings is 2. The zero-order valence-electron chi connectivity index (χ0n) is 18.6. The number of carbonyl (C=O) groups is 1. The number of amides is 1. The van der Waals surface area contributed by atoms with Gasteiger partial charge in [0.25, 0.3) is 5.56 Å². The molecule has 2 aromatic carbocycles. The van der Waals surface area contributed by atoms with Gasteiger partial charge in [-0.3, -0.25) is 14.2 Å². The van der Waals surface area contributed by atoms with E-state index in [0.29, 0.717) is 22.0 Å². The van der Waals surface area contributed by atoms with Gasteiger partial charge >= 0.3 is 0 Å². The normalized spacial score (nSPS) is 15.9. The van der Waals surface area contributed by atoms with Gasteiger partial charge in [0.15, 0.2) is 5.16 Å². The summed E-state index contributed by atoms with van der Waals surface area (Å²) in [5.41, 5.74) is 3.44. The first kappa shape index (κ1) is 21.6. The zero-order chi connectivity index (χ0) is 22.1. The number of rotatable bonds is 4. The van der Waals surface area contributed by atoms with Crippen molar-refractivity contribution in [3.63, 3.8) is 0 Å². The Morgan fingerprint density at radius 3 is 2.58 bits per heavy atom. The van der Waals surface area contributed by atoms with Gasteiger partial charge in [-0.1, -0.05) is 43.0 Å². The number of fused-ring (bicyclic) bond motifs is 1. The second-order valence-corrected chi connectivity index (χ2v) is 9.92. The second kappa shape index (κ2) is 8.87. The minimum atomic E-state index is -0.321. The molecular formula is C25H29N3O2S. The minimum absolute atomic E-state index is 0.103. The summed E-state index contributed by atoms with van der Waals surface area (Å²) >= 11 is 1.37. The van der Waals surface area contributed by atoms with Gasteiger partial charge in [-0.15, -0.1) is 0 Å². The van der Waals surface area contributed by atoms with Crippen LogP contribution in [0.2, 0.25) is 0 Å². The van der Waals surface area contributed by atoms with Gasteiger partial charge in [-0.05, 0) is 68.9 Å². The highest BCUT2D eigenvalue weighted by Gasteiger charge is 2.27. The monoisotopic (exact) mass is 435 g/mol. The Balaban J connectivity index is 1.77. The van der Waals surface area contributed by atoms with E-state index in [1.165, 1.54) is 11.8 Å². The molecule has 31 heavy (non-hydrogen) atoms. The maximum Gasteiger partial charge on any atom is 0.266 e. The van der Waals surface area contributed by atoms with Crippen molar-refractivity contribution in [2.75, 3.05) is 13.1 Å². The molecule has 0 saturated carbocycles. The van der Waals surface area contributed by atoms with Crippen molar-refractivity contribution in [1.29, 1.82) is 0 Å². The predicted molar refractivity (Wildman–Crippen MR) is 127 cm³/mol. The smallest absolute Gasteiger partial charge is 0.266 e. The summed E-state index contributed by atoms with van der Waals surface area (Å²) in [5.74, 6) is 0.787. The molecule has 5 nitrogen and oxygen atoms in total. The number of hydrogen-bond donors (Lipinski definition) is 0. The van der Waals surface area contributed by atoms with Crippen LogP contribution in [0.4, 0.5) is 0 Å². The number of carbonyl (C=O) groups excluding carboxylic acids is 1. The molecule has 1 aromatic heterocycles. The van der Waals surface area contributed by atoms with E-state index in [-0.39, 0.29) is 16.7 Å². The van der Waals surface area contributed by atoms with Crippen LogP contribution in [-0.2, 0) is 4.79 Å². The fourth-order valence-electron chi connectivity index (χ4n) is 4.06. The first-order valence-electron chi connectivity index (χ1n) is 10.9. The molecule has 2 heterocycles. The molecule has 0 spiro atoms. The van der Waals surface area contributed by atoms with Crippen molar-refractivity contribution < 1.29 is 4.79 Å². The highest BCUT2D eigenvalue weighted by atomic mass is 32.2. The molecule has 6 heteroatoms. The van der Waals surface area contributed by atoms with Crippen LogP contribution in [0, 0.1) is 19.8 Å². The zero-order valence-corrected chi connectivity index (χ0v) is 19.4. The van der Waals surface area contributed by atoms with Gasteiger partial charge < -0.3 is 4.90 Å². The molecule has 1 aliphatic rings. The molecule has 1 saturated heterocycles. The lowest BCUT2D eigenvalue weighted by atomic mass is 9.99. The standard InChI is InChI=1S/C25H29N3O2S/c1-16-11-13-27(14-12-16)23(29)19(4)31-25-26-21-8-6-5-7-20(21)24(30)28(25)22-15-17(2)9-10-18(22)3/h5-10,15-16,19H,11-14H2,1-4H3. The third-order valence-corrected chi connectivity index (χ3v) is 7.12. The fraction of sp³-hybridized carbons (Fsp3) is 0.400. The summed E-state index contributed by atoms with van der Waals surface area (Å²) in [6, 6.07) is 13.5. The number of aromatic nitrogens is 2. The van der Waals surface area contributed by atoms with E-state index < -0.39 is 0 Å². The SMILES string of the molecule is Cc1ccc(C)c(-n2c(SC(C)C(=O)N3CCC(C)CC3)nc3ccccc3c2=O)c1. The van der Waals surface area contributed by atoms with E-state index in [0.717, 1.165) is 42.7 Å². The third-order valence-electron chi connectivity index (χ3n) is 6.08. The summed E-state index contributed by atoms with van der Waals surface area (Å²) in [5, 5.41) is 0.818. The predicted octanol–water partition coefficient (Wildman–Crippen LogP) is 4.74. The van der Waals surface area contributed by atoms with Gasteiger partial charge in [-0.25, -0.2) is 4.98 Å². The molecule has 162 valence electrons. The van der Waals surface area contributed by atoms with E-state index in [9.17, 15) is 9.59 Å². The molecule has 4 rings (SSSR count). The maximum absolute atomic E-state index is 13.5. The highest BCUT2D eigenvalue weighted by molar-refractivity contribution is 8.00. The largest absolute Gasteiger partial charge is 0.342 e. The van der Waals surface area contributed by atoms with E-state index in [1.807, 2.05) is 68.1 Å². The number of thioether (sulfide) groups is 1. The van der Waals surface area contributed by atoms with Crippen LogP contribution in [0.25, 0.3) is 16.6 Å². The molecule has 1 amide bonds. The lowest BCUT2D eigenvalue weighted by Crippen LogP contribution is -2.42. The third kappa shape index (κ3) is 4.40. The molecule has 1 unspecified atom stereocenters. The molecule has 0 radical (unpaired) electrons.